The maximum atomic E-state index is 12.5. The zero-order valence-corrected chi connectivity index (χ0v) is 12.3. The smallest absolute Gasteiger partial charge is 0.235 e. The monoisotopic (exact) mass is 307 g/mol. The number of amides is 1. The van der Waals surface area contributed by atoms with Crippen molar-refractivity contribution < 1.29 is 13.2 Å². The van der Waals surface area contributed by atoms with Gasteiger partial charge in [0.25, 0.3) is 0 Å². The van der Waals surface area contributed by atoms with Crippen LogP contribution >= 0.6 is 0 Å². The van der Waals surface area contributed by atoms with E-state index in [4.69, 9.17) is 11.0 Å². The maximum Gasteiger partial charge on any atom is 0.235 e. The lowest BCUT2D eigenvalue weighted by atomic mass is 10.0. The van der Waals surface area contributed by atoms with E-state index in [2.05, 4.69) is 0 Å². The maximum absolute atomic E-state index is 12.5. The molecule has 1 fully saturated rings. The summed E-state index contributed by atoms with van der Waals surface area (Å²) >= 11 is 0. The van der Waals surface area contributed by atoms with Gasteiger partial charge in [-0.1, -0.05) is 18.6 Å². The summed E-state index contributed by atoms with van der Waals surface area (Å²) in [5, 5.41) is 8.73. The summed E-state index contributed by atoms with van der Waals surface area (Å²) in [5.74, 6) is -0.791. The third kappa shape index (κ3) is 3.60. The summed E-state index contributed by atoms with van der Waals surface area (Å²) < 4.78 is 26.2. The first-order valence-electron chi connectivity index (χ1n) is 6.72. The van der Waals surface area contributed by atoms with Crippen molar-refractivity contribution in [1.29, 1.82) is 5.26 Å². The van der Waals surface area contributed by atoms with Crippen molar-refractivity contribution in [3.8, 4) is 6.07 Å². The normalized spacial score (nSPS) is 19.9. The molecule has 0 radical (unpaired) electrons. The van der Waals surface area contributed by atoms with Crippen LogP contribution in [0, 0.1) is 11.3 Å². The second kappa shape index (κ2) is 6.24. The first-order valence-corrected chi connectivity index (χ1v) is 8.33. The van der Waals surface area contributed by atoms with Crippen molar-refractivity contribution >= 4 is 15.9 Å². The molecule has 0 bridgehead atoms. The number of carbonyl (C=O) groups is 1. The van der Waals surface area contributed by atoms with E-state index in [1.165, 1.54) is 4.31 Å². The summed E-state index contributed by atoms with van der Waals surface area (Å²) in [5.41, 5.74) is 6.37. The first kappa shape index (κ1) is 15.5. The molecule has 1 aromatic rings. The van der Waals surface area contributed by atoms with E-state index < -0.39 is 22.0 Å². The van der Waals surface area contributed by atoms with Crippen LogP contribution in [0.5, 0.6) is 0 Å². The third-order valence-electron chi connectivity index (χ3n) is 3.57. The Hall–Kier alpha value is -1.91. The number of hydrogen-bond donors (Lipinski definition) is 1. The van der Waals surface area contributed by atoms with Crippen molar-refractivity contribution in [1.82, 2.24) is 4.31 Å². The van der Waals surface area contributed by atoms with Crippen LogP contribution in [0.15, 0.2) is 24.3 Å². The molecule has 2 N–H and O–H groups in total. The zero-order valence-electron chi connectivity index (χ0n) is 11.5. The largest absolute Gasteiger partial charge is 0.368 e. The van der Waals surface area contributed by atoms with Gasteiger partial charge < -0.3 is 5.73 Å². The van der Waals surface area contributed by atoms with Crippen LogP contribution in [0.3, 0.4) is 0 Å². The number of carbonyl (C=O) groups excluding carboxylic acids is 1. The van der Waals surface area contributed by atoms with E-state index in [9.17, 15) is 13.2 Å². The van der Waals surface area contributed by atoms with Crippen LogP contribution in [0.25, 0.3) is 0 Å². The molecule has 112 valence electrons. The topological polar surface area (TPSA) is 104 Å². The van der Waals surface area contributed by atoms with Crippen molar-refractivity contribution in [2.75, 3.05) is 6.54 Å². The summed E-state index contributed by atoms with van der Waals surface area (Å²) in [4.78, 5) is 11.4. The van der Waals surface area contributed by atoms with E-state index in [-0.39, 0.29) is 5.75 Å². The quantitative estimate of drug-likeness (QED) is 0.885. The van der Waals surface area contributed by atoms with Crippen molar-refractivity contribution in [2.45, 2.75) is 31.1 Å². The summed E-state index contributed by atoms with van der Waals surface area (Å²) in [6, 6.07) is 7.61. The fourth-order valence-corrected chi connectivity index (χ4v) is 4.28. The average molecular weight is 307 g/mol. The van der Waals surface area contributed by atoms with Gasteiger partial charge >= 0.3 is 0 Å². The number of nitriles is 1. The lowest BCUT2D eigenvalue weighted by Gasteiger charge is -2.32. The Morgan fingerprint density at radius 2 is 2.00 bits per heavy atom. The van der Waals surface area contributed by atoms with Crippen molar-refractivity contribution in [3.05, 3.63) is 35.4 Å². The molecule has 1 atom stereocenters. The summed E-state index contributed by atoms with van der Waals surface area (Å²) in [6.45, 7) is 0.326. The number of benzene rings is 1. The van der Waals surface area contributed by atoms with Crippen LogP contribution in [-0.4, -0.2) is 31.2 Å². The van der Waals surface area contributed by atoms with E-state index >= 15 is 0 Å². The Balaban J connectivity index is 2.20. The van der Waals surface area contributed by atoms with Crippen molar-refractivity contribution in [3.63, 3.8) is 0 Å². The predicted molar refractivity (Wildman–Crippen MR) is 77.3 cm³/mol. The van der Waals surface area contributed by atoms with Crippen molar-refractivity contribution in [2.24, 2.45) is 5.73 Å². The minimum absolute atomic E-state index is 0.192. The highest BCUT2D eigenvalue weighted by molar-refractivity contribution is 7.88. The predicted octanol–water partition coefficient (Wildman–Crippen LogP) is 0.728. The minimum atomic E-state index is -3.60. The molecule has 6 nitrogen and oxygen atoms in total. The lowest BCUT2D eigenvalue weighted by Crippen LogP contribution is -2.50. The Bertz CT molecular complexity index is 662. The Morgan fingerprint density at radius 1 is 1.33 bits per heavy atom. The molecule has 0 spiro atoms. The molecule has 1 heterocycles. The molecular formula is C14H17N3O3S. The SMILES string of the molecule is N#Cc1ccc(CS(=O)(=O)N2CCCCC2C(N)=O)cc1. The van der Waals surface area contributed by atoms with Crippen LogP contribution in [0.2, 0.25) is 0 Å². The van der Waals surface area contributed by atoms with Gasteiger partial charge in [-0.3, -0.25) is 4.79 Å². The van der Waals surface area contributed by atoms with Crippen LogP contribution in [0.1, 0.15) is 30.4 Å². The molecular weight excluding hydrogens is 290 g/mol. The second-order valence-electron chi connectivity index (χ2n) is 5.09. The number of nitrogens with two attached hydrogens (primary N) is 1. The molecule has 1 amide bonds. The second-order valence-corrected chi connectivity index (χ2v) is 7.01. The Morgan fingerprint density at radius 3 is 2.57 bits per heavy atom. The molecule has 1 saturated heterocycles. The van der Waals surface area contributed by atoms with Crippen LogP contribution in [-0.2, 0) is 20.6 Å². The Kier molecular flexibility index (Phi) is 4.60. The van der Waals surface area contributed by atoms with E-state index in [0.717, 1.165) is 12.8 Å². The number of nitrogens with zero attached hydrogens (tertiary/aromatic N) is 2. The molecule has 0 aliphatic carbocycles. The average Bonchev–Trinajstić information content (AvgIpc) is 2.47. The molecule has 0 aromatic heterocycles. The minimum Gasteiger partial charge on any atom is -0.368 e. The highest BCUT2D eigenvalue weighted by atomic mass is 32.2. The lowest BCUT2D eigenvalue weighted by molar-refractivity contribution is -0.122. The molecule has 1 unspecified atom stereocenters. The highest BCUT2D eigenvalue weighted by Crippen LogP contribution is 2.22. The zero-order chi connectivity index (χ0) is 15.5. The van der Waals surface area contributed by atoms with E-state index in [1.807, 2.05) is 6.07 Å². The molecule has 2 rings (SSSR count). The van der Waals surface area contributed by atoms with Gasteiger partial charge in [0.15, 0.2) is 0 Å². The molecule has 1 aromatic carbocycles. The van der Waals surface area contributed by atoms with Gasteiger partial charge in [-0.15, -0.1) is 0 Å². The molecule has 7 heteroatoms. The standard InChI is InChI=1S/C14H17N3O3S/c15-9-11-4-6-12(7-5-11)10-21(19,20)17-8-2-1-3-13(17)14(16)18/h4-7,13H,1-3,8,10H2,(H2,16,18). The van der Waals surface area contributed by atoms with Gasteiger partial charge in [0, 0.05) is 6.54 Å². The third-order valence-corrected chi connectivity index (χ3v) is 5.42. The molecule has 1 aliphatic heterocycles. The fraction of sp³-hybridized carbons (Fsp3) is 0.429. The van der Waals surface area contributed by atoms with E-state index in [1.54, 1.807) is 24.3 Å². The van der Waals surface area contributed by atoms with Gasteiger partial charge in [0.2, 0.25) is 15.9 Å². The van der Waals surface area contributed by atoms with Gasteiger partial charge in [0.05, 0.1) is 17.4 Å². The number of rotatable bonds is 4. The molecule has 1 aliphatic rings. The van der Waals surface area contributed by atoms with Gasteiger partial charge in [-0.05, 0) is 30.5 Å². The Labute approximate surface area is 124 Å². The van der Waals surface area contributed by atoms with Gasteiger partial charge in [-0.2, -0.15) is 9.57 Å². The molecule has 21 heavy (non-hydrogen) atoms. The number of piperidine rings is 1. The summed E-state index contributed by atoms with van der Waals surface area (Å²) in [7, 11) is -3.60. The first-order chi connectivity index (χ1) is 9.94. The van der Waals surface area contributed by atoms with Gasteiger partial charge in [0.1, 0.15) is 6.04 Å². The van der Waals surface area contributed by atoms with Gasteiger partial charge in [-0.25, -0.2) is 8.42 Å². The van der Waals surface area contributed by atoms with Crippen LogP contribution < -0.4 is 5.73 Å². The van der Waals surface area contributed by atoms with Crippen LogP contribution in [0.4, 0.5) is 0 Å². The number of sulfonamides is 1. The number of primary amides is 1. The fourth-order valence-electron chi connectivity index (χ4n) is 2.49. The number of hydrogen-bond acceptors (Lipinski definition) is 4. The van der Waals surface area contributed by atoms with E-state index in [0.29, 0.717) is 24.1 Å². The summed E-state index contributed by atoms with van der Waals surface area (Å²) in [6.07, 6.45) is 2.01. The highest BCUT2D eigenvalue weighted by Gasteiger charge is 2.35. The molecule has 0 saturated carbocycles.